The van der Waals surface area contributed by atoms with Crippen LogP contribution in [0.4, 0.5) is 0 Å². The number of aliphatic hydroxyl groups is 1. The van der Waals surface area contributed by atoms with Gasteiger partial charge in [0.15, 0.2) is 0 Å². The Morgan fingerprint density at radius 2 is 2.30 bits per heavy atom. The molecule has 3 N–H and O–H groups in total. The summed E-state index contributed by atoms with van der Waals surface area (Å²) in [5.41, 5.74) is 5.29. The molecule has 60 valence electrons. The normalized spacial score (nSPS) is 36.3. The molecule has 2 heteroatoms. The van der Waals surface area contributed by atoms with Gasteiger partial charge < -0.3 is 10.8 Å². The van der Waals surface area contributed by atoms with Crippen molar-refractivity contribution in [3.8, 4) is 0 Å². The zero-order valence-electron chi connectivity index (χ0n) is 6.59. The van der Waals surface area contributed by atoms with E-state index in [0.717, 1.165) is 12.3 Å². The van der Waals surface area contributed by atoms with Crippen molar-refractivity contribution in [2.45, 2.75) is 38.8 Å². The fourth-order valence-corrected chi connectivity index (χ4v) is 1.88. The first-order valence-corrected chi connectivity index (χ1v) is 4.14. The van der Waals surface area contributed by atoms with E-state index in [4.69, 9.17) is 10.8 Å². The van der Waals surface area contributed by atoms with Crippen LogP contribution in [0.15, 0.2) is 0 Å². The van der Waals surface area contributed by atoms with Crippen LogP contribution in [0.25, 0.3) is 0 Å². The van der Waals surface area contributed by atoms with E-state index in [1.807, 2.05) is 0 Å². The smallest absolute Gasteiger partial charge is 0.102 e. The number of aliphatic hydroxyl groups excluding tert-OH is 1. The third-order valence-corrected chi connectivity index (χ3v) is 2.58. The standard InChI is InChI=1S/C8H17NO/c1-6-3-2-4-7(6)5-8(9)10/h6-8,10H,2-5,9H2,1H3. The van der Waals surface area contributed by atoms with Crippen molar-refractivity contribution in [3.63, 3.8) is 0 Å². The summed E-state index contributed by atoms with van der Waals surface area (Å²) >= 11 is 0. The van der Waals surface area contributed by atoms with E-state index in [0.29, 0.717) is 5.92 Å². The van der Waals surface area contributed by atoms with Crippen molar-refractivity contribution in [1.82, 2.24) is 0 Å². The van der Waals surface area contributed by atoms with Crippen molar-refractivity contribution in [2.75, 3.05) is 0 Å². The minimum Gasteiger partial charge on any atom is -0.379 e. The van der Waals surface area contributed by atoms with Crippen LogP contribution in [0.5, 0.6) is 0 Å². The van der Waals surface area contributed by atoms with Crippen LogP contribution >= 0.6 is 0 Å². The van der Waals surface area contributed by atoms with Gasteiger partial charge in [-0.2, -0.15) is 0 Å². The Labute approximate surface area is 62.4 Å². The van der Waals surface area contributed by atoms with E-state index in [-0.39, 0.29) is 0 Å². The highest BCUT2D eigenvalue weighted by molar-refractivity contribution is 4.75. The molecule has 1 fully saturated rings. The first-order chi connectivity index (χ1) is 4.70. The summed E-state index contributed by atoms with van der Waals surface area (Å²) in [6, 6.07) is 0. The molecule has 0 aromatic carbocycles. The van der Waals surface area contributed by atoms with Gasteiger partial charge in [0.2, 0.25) is 0 Å². The van der Waals surface area contributed by atoms with E-state index < -0.39 is 6.23 Å². The maximum absolute atomic E-state index is 8.91. The average Bonchev–Trinajstić information content (AvgIpc) is 2.15. The van der Waals surface area contributed by atoms with Crippen LogP contribution in [0, 0.1) is 11.8 Å². The fourth-order valence-electron chi connectivity index (χ4n) is 1.88. The molecule has 0 heterocycles. The molecule has 0 bridgehead atoms. The first kappa shape index (κ1) is 8.02. The zero-order valence-corrected chi connectivity index (χ0v) is 6.59. The summed E-state index contributed by atoms with van der Waals surface area (Å²) in [4.78, 5) is 0. The summed E-state index contributed by atoms with van der Waals surface area (Å²) in [6.07, 6.45) is 4.09. The number of hydrogen-bond acceptors (Lipinski definition) is 2. The van der Waals surface area contributed by atoms with Crippen molar-refractivity contribution in [3.05, 3.63) is 0 Å². The minimum absolute atomic E-state index is 0.592. The van der Waals surface area contributed by atoms with Crippen LogP contribution in [-0.4, -0.2) is 11.3 Å². The summed E-state index contributed by atoms with van der Waals surface area (Å²) in [6.45, 7) is 2.25. The van der Waals surface area contributed by atoms with Gasteiger partial charge in [-0.05, 0) is 18.3 Å². The Bertz CT molecular complexity index is 103. The third-order valence-electron chi connectivity index (χ3n) is 2.58. The van der Waals surface area contributed by atoms with Crippen LogP contribution < -0.4 is 5.73 Å². The summed E-state index contributed by atoms with van der Waals surface area (Å²) in [5.74, 6) is 1.46. The maximum Gasteiger partial charge on any atom is 0.102 e. The monoisotopic (exact) mass is 143 g/mol. The highest BCUT2D eigenvalue weighted by atomic mass is 16.3. The SMILES string of the molecule is CC1CCCC1CC(N)O. The van der Waals surface area contributed by atoms with Crippen molar-refractivity contribution in [2.24, 2.45) is 17.6 Å². The quantitative estimate of drug-likeness (QED) is 0.568. The van der Waals surface area contributed by atoms with Gasteiger partial charge in [-0.1, -0.05) is 26.2 Å². The molecule has 0 amide bonds. The predicted octanol–water partition coefficient (Wildman–Crippen LogP) is 1.09. The molecule has 3 unspecified atom stereocenters. The fraction of sp³-hybridized carbons (Fsp3) is 1.00. The average molecular weight is 143 g/mol. The summed E-state index contributed by atoms with van der Waals surface area (Å²) < 4.78 is 0. The maximum atomic E-state index is 8.91. The van der Waals surface area contributed by atoms with Crippen molar-refractivity contribution in [1.29, 1.82) is 0 Å². The Morgan fingerprint density at radius 3 is 2.70 bits per heavy atom. The van der Waals surface area contributed by atoms with Gasteiger partial charge in [-0.15, -0.1) is 0 Å². The third kappa shape index (κ3) is 1.96. The number of hydrogen-bond donors (Lipinski definition) is 2. The highest BCUT2D eigenvalue weighted by Crippen LogP contribution is 2.33. The molecule has 1 aliphatic carbocycles. The van der Waals surface area contributed by atoms with E-state index in [1.54, 1.807) is 0 Å². The second kappa shape index (κ2) is 3.35. The second-order valence-corrected chi connectivity index (χ2v) is 3.47. The lowest BCUT2D eigenvalue weighted by Crippen LogP contribution is -2.23. The molecule has 1 saturated carbocycles. The molecule has 10 heavy (non-hydrogen) atoms. The van der Waals surface area contributed by atoms with Gasteiger partial charge in [0.05, 0.1) is 0 Å². The van der Waals surface area contributed by atoms with E-state index in [9.17, 15) is 0 Å². The summed E-state index contributed by atoms with van der Waals surface area (Å²) in [5, 5.41) is 8.91. The topological polar surface area (TPSA) is 46.2 Å². The van der Waals surface area contributed by atoms with E-state index >= 15 is 0 Å². The molecular formula is C8H17NO. The zero-order chi connectivity index (χ0) is 7.56. The second-order valence-electron chi connectivity index (χ2n) is 3.47. The molecule has 0 radical (unpaired) electrons. The van der Waals surface area contributed by atoms with Crippen LogP contribution in [0.2, 0.25) is 0 Å². The van der Waals surface area contributed by atoms with Crippen LogP contribution in [0.1, 0.15) is 32.6 Å². The first-order valence-electron chi connectivity index (χ1n) is 4.14. The number of nitrogens with two attached hydrogens (primary N) is 1. The van der Waals surface area contributed by atoms with Crippen molar-refractivity contribution < 1.29 is 5.11 Å². The lowest BCUT2D eigenvalue weighted by atomic mass is 9.94. The molecule has 0 aromatic heterocycles. The Balaban J connectivity index is 2.26. The van der Waals surface area contributed by atoms with E-state index in [1.165, 1.54) is 19.3 Å². The predicted molar refractivity (Wildman–Crippen MR) is 41.3 cm³/mol. The van der Waals surface area contributed by atoms with Gasteiger partial charge in [0, 0.05) is 0 Å². The Kier molecular flexibility index (Phi) is 2.69. The van der Waals surface area contributed by atoms with Gasteiger partial charge >= 0.3 is 0 Å². The lowest BCUT2D eigenvalue weighted by molar-refractivity contribution is 0.139. The molecule has 0 aromatic rings. The molecule has 0 saturated heterocycles. The van der Waals surface area contributed by atoms with Gasteiger partial charge in [-0.3, -0.25) is 0 Å². The van der Waals surface area contributed by atoms with Gasteiger partial charge in [-0.25, -0.2) is 0 Å². The largest absolute Gasteiger partial charge is 0.379 e. The molecule has 3 atom stereocenters. The van der Waals surface area contributed by atoms with Gasteiger partial charge in [0.1, 0.15) is 6.23 Å². The molecule has 0 spiro atoms. The minimum atomic E-state index is -0.592. The summed E-state index contributed by atoms with van der Waals surface area (Å²) in [7, 11) is 0. The lowest BCUT2D eigenvalue weighted by Gasteiger charge is -2.15. The highest BCUT2D eigenvalue weighted by Gasteiger charge is 2.24. The van der Waals surface area contributed by atoms with Gasteiger partial charge in [0.25, 0.3) is 0 Å². The molecule has 0 aliphatic heterocycles. The van der Waals surface area contributed by atoms with Crippen LogP contribution in [0.3, 0.4) is 0 Å². The molecule has 1 rings (SSSR count). The van der Waals surface area contributed by atoms with Crippen molar-refractivity contribution >= 4 is 0 Å². The molecular weight excluding hydrogens is 126 g/mol. The van der Waals surface area contributed by atoms with E-state index in [2.05, 4.69) is 6.92 Å². The Morgan fingerprint density at radius 1 is 1.60 bits per heavy atom. The molecule has 1 aliphatic rings. The number of rotatable bonds is 2. The van der Waals surface area contributed by atoms with Crippen LogP contribution in [-0.2, 0) is 0 Å². The molecule has 2 nitrogen and oxygen atoms in total. The Hall–Kier alpha value is -0.0800.